The molecule has 0 saturated carbocycles. The average Bonchev–Trinajstić information content (AvgIpc) is 3.18. The highest BCUT2D eigenvalue weighted by Crippen LogP contribution is 2.32. The number of benzene rings is 1. The molecule has 148 valence electrons. The molecule has 8 heteroatoms. The molecule has 1 aromatic rings. The van der Waals surface area contributed by atoms with Gasteiger partial charge in [-0.3, -0.25) is 14.5 Å². The first-order valence-electron chi connectivity index (χ1n) is 9.15. The zero-order valence-corrected chi connectivity index (χ0v) is 15.8. The van der Waals surface area contributed by atoms with Gasteiger partial charge in [-0.2, -0.15) is 0 Å². The number of hydrogen-bond donors (Lipinski definition) is 0. The summed E-state index contributed by atoms with van der Waals surface area (Å²) in [4.78, 5) is 28.9. The second-order valence-corrected chi connectivity index (χ2v) is 6.70. The lowest BCUT2D eigenvalue weighted by atomic mass is 10.1. The molecule has 0 N–H and O–H groups in total. The molecule has 1 saturated heterocycles. The number of nitrogens with zero attached hydrogens (tertiary/aromatic N) is 2. The van der Waals surface area contributed by atoms with Gasteiger partial charge in [0.05, 0.1) is 26.2 Å². The molecule has 1 aromatic carbocycles. The highest BCUT2D eigenvalue weighted by Gasteiger charge is 2.25. The molecule has 1 atom stereocenters. The summed E-state index contributed by atoms with van der Waals surface area (Å²) in [6.45, 7) is 6.57. The van der Waals surface area contributed by atoms with Crippen LogP contribution in [0.15, 0.2) is 18.2 Å². The second-order valence-electron chi connectivity index (χ2n) is 6.70. The summed E-state index contributed by atoms with van der Waals surface area (Å²) in [5.74, 6) is 0.323. The molecule has 2 aliphatic rings. The summed E-state index contributed by atoms with van der Waals surface area (Å²) in [5, 5.41) is 0. The SMILES string of the molecule is COC(=O)C(C)CN(CCN1CCOCC1)C(=O)c1ccc2c(c1)OCO2. The summed E-state index contributed by atoms with van der Waals surface area (Å²) < 4.78 is 20.9. The predicted molar refractivity (Wildman–Crippen MR) is 96.9 cm³/mol. The van der Waals surface area contributed by atoms with E-state index in [9.17, 15) is 9.59 Å². The van der Waals surface area contributed by atoms with Gasteiger partial charge in [-0.05, 0) is 18.2 Å². The van der Waals surface area contributed by atoms with Crippen molar-refractivity contribution in [1.82, 2.24) is 9.80 Å². The second kappa shape index (κ2) is 9.05. The topological polar surface area (TPSA) is 77.5 Å². The smallest absolute Gasteiger partial charge is 0.310 e. The fourth-order valence-corrected chi connectivity index (χ4v) is 3.18. The predicted octanol–water partition coefficient (Wildman–Crippen LogP) is 0.999. The molecule has 0 spiro atoms. The van der Waals surface area contributed by atoms with Gasteiger partial charge in [-0.25, -0.2) is 0 Å². The maximum atomic E-state index is 13.1. The number of fused-ring (bicyclic) bond motifs is 1. The van der Waals surface area contributed by atoms with E-state index >= 15 is 0 Å². The van der Waals surface area contributed by atoms with Crippen LogP contribution in [0.4, 0.5) is 0 Å². The Bertz CT molecular complexity index is 674. The Hall–Kier alpha value is -2.32. The minimum Gasteiger partial charge on any atom is -0.469 e. The summed E-state index contributed by atoms with van der Waals surface area (Å²) in [7, 11) is 1.36. The first-order valence-corrected chi connectivity index (χ1v) is 9.15. The summed E-state index contributed by atoms with van der Waals surface area (Å²) in [5.41, 5.74) is 0.512. The first kappa shape index (κ1) is 19.4. The normalized spacial score (nSPS) is 17.4. The molecule has 2 aliphatic heterocycles. The highest BCUT2D eigenvalue weighted by molar-refractivity contribution is 5.95. The minimum atomic E-state index is -0.405. The van der Waals surface area contributed by atoms with E-state index in [1.165, 1.54) is 7.11 Å². The van der Waals surface area contributed by atoms with E-state index in [1.807, 2.05) is 0 Å². The lowest BCUT2D eigenvalue weighted by molar-refractivity contribution is -0.145. The third-order valence-electron chi connectivity index (χ3n) is 4.79. The van der Waals surface area contributed by atoms with Crippen LogP contribution < -0.4 is 9.47 Å². The van der Waals surface area contributed by atoms with Crippen LogP contribution in [0.1, 0.15) is 17.3 Å². The molecule has 1 amide bonds. The van der Waals surface area contributed by atoms with Crippen LogP contribution in [0.3, 0.4) is 0 Å². The maximum Gasteiger partial charge on any atom is 0.310 e. The van der Waals surface area contributed by atoms with Gasteiger partial charge < -0.3 is 23.8 Å². The number of hydrogen-bond acceptors (Lipinski definition) is 7. The standard InChI is InChI=1S/C19H26N2O6/c1-14(19(23)24-2)12-21(6-5-20-7-9-25-10-8-20)18(22)15-3-4-16-17(11-15)27-13-26-16/h3-4,11,14H,5-10,12-13H2,1-2H3. The van der Waals surface area contributed by atoms with Crippen molar-refractivity contribution in [3.63, 3.8) is 0 Å². The van der Waals surface area contributed by atoms with Crippen molar-refractivity contribution < 1.29 is 28.5 Å². The van der Waals surface area contributed by atoms with Crippen LogP contribution in [0, 0.1) is 5.92 Å². The van der Waals surface area contributed by atoms with E-state index in [-0.39, 0.29) is 18.7 Å². The molecule has 27 heavy (non-hydrogen) atoms. The molecule has 1 unspecified atom stereocenters. The van der Waals surface area contributed by atoms with Gasteiger partial charge in [-0.1, -0.05) is 6.92 Å². The Kier molecular flexibility index (Phi) is 6.52. The molecule has 8 nitrogen and oxygen atoms in total. The van der Waals surface area contributed by atoms with Gasteiger partial charge in [0.1, 0.15) is 0 Å². The van der Waals surface area contributed by atoms with E-state index in [4.69, 9.17) is 18.9 Å². The van der Waals surface area contributed by atoms with Gasteiger partial charge >= 0.3 is 5.97 Å². The fraction of sp³-hybridized carbons (Fsp3) is 0.579. The molecular weight excluding hydrogens is 352 g/mol. The highest BCUT2D eigenvalue weighted by atomic mass is 16.7. The Labute approximate surface area is 158 Å². The molecular formula is C19H26N2O6. The van der Waals surface area contributed by atoms with E-state index in [2.05, 4.69) is 4.90 Å². The summed E-state index contributed by atoms with van der Waals surface area (Å²) in [6, 6.07) is 5.15. The molecule has 0 aliphatic carbocycles. The van der Waals surface area contributed by atoms with Gasteiger partial charge in [0.15, 0.2) is 11.5 Å². The third-order valence-corrected chi connectivity index (χ3v) is 4.79. The fourth-order valence-electron chi connectivity index (χ4n) is 3.18. The largest absolute Gasteiger partial charge is 0.469 e. The zero-order chi connectivity index (χ0) is 19.2. The number of esters is 1. The Morgan fingerprint density at radius 3 is 2.70 bits per heavy atom. The maximum absolute atomic E-state index is 13.1. The minimum absolute atomic E-state index is 0.141. The van der Waals surface area contributed by atoms with E-state index in [1.54, 1.807) is 30.0 Å². The number of morpholine rings is 1. The lowest BCUT2D eigenvalue weighted by Gasteiger charge is -2.31. The van der Waals surface area contributed by atoms with Crippen LogP contribution in [0.5, 0.6) is 11.5 Å². The Morgan fingerprint density at radius 1 is 1.22 bits per heavy atom. The van der Waals surface area contributed by atoms with Crippen LogP contribution in [0.2, 0.25) is 0 Å². The molecule has 3 rings (SSSR count). The van der Waals surface area contributed by atoms with Crippen LogP contribution in [-0.4, -0.2) is 81.5 Å². The number of amides is 1. The van der Waals surface area contributed by atoms with Gasteiger partial charge in [0.2, 0.25) is 6.79 Å². The van der Waals surface area contributed by atoms with Crippen molar-refractivity contribution in [1.29, 1.82) is 0 Å². The van der Waals surface area contributed by atoms with E-state index in [0.717, 1.165) is 19.6 Å². The molecule has 0 aromatic heterocycles. The van der Waals surface area contributed by atoms with Crippen molar-refractivity contribution in [2.24, 2.45) is 5.92 Å². The average molecular weight is 378 g/mol. The number of carbonyl (C=O) groups excluding carboxylic acids is 2. The van der Waals surface area contributed by atoms with Crippen molar-refractivity contribution in [2.45, 2.75) is 6.92 Å². The Balaban J connectivity index is 1.70. The lowest BCUT2D eigenvalue weighted by Crippen LogP contribution is -2.45. The van der Waals surface area contributed by atoms with E-state index in [0.29, 0.717) is 43.4 Å². The number of methoxy groups -OCH3 is 1. The van der Waals surface area contributed by atoms with Gasteiger partial charge in [0.25, 0.3) is 5.91 Å². The first-order chi connectivity index (χ1) is 13.1. The van der Waals surface area contributed by atoms with E-state index < -0.39 is 5.92 Å². The van der Waals surface area contributed by atoms with Crippen molar-refractivity contribution in [2.75, 3.05) is 59.8 Å². The Morgan fingerprint density at radius 2 is 1.96 bits per heavy atom. The molecule has 0 radical (unpaired) electrons. The number of rotatable bonds is 7. The third kappa shape index (κ3) is 4.90. The number of carbonyl (C=O) groups is 2. The van der Waals surface area contributed by atoms with Crippen LogP contribution >= 0.6 is 0 Å². The molecule has 1 fully saturated rings. The van der Waals surface area contributed by atoms with Crippen LogP contribution in [0.25, 0.3) is 0 Å². The monoisotopic (exact) mass is 378 g/mol. The molecule has 2 heterocycles. The van der Waals surface area contributed by atoms with Crippen molar-refractivity contribution in [3.05, 3.63) is 23.8 Å². The summed E-state index contributed by atoms with van der Waals surface area (Å²) >= 11 is 0. The summed E-state index contributed by atoms with van der Waals surface area (Å²) in [6.07, 6.45) is 0. The number of ether oxygens (including phenoxy) is 4. The van der Waals surface area contributed by atoms with Gasteiger partial charge in [0, 0.05) is 38.3 Å². The van der Waals surface area contributed by atoms with Crippen molar-refractivity contribution in [3.8, 4) is 11.5 Å². The van der Waals surface area contributed by atoms with Gasteiger partial charge in [-0.15, -0.1) is 0 Å². The zero-order valence-electron chi connectivity index (χ0n) is 15.8. The van der Waals surface area contributed by atoms with Crippen LogP contribution in [-0.2, 0) is 14.3 Å². The molecule has 0 bridgehead atoms. The quantitative estimate of drug-likeness (QED) is 0.655. The van der Waals surface area contributed by atoms with Crippen molar-refractivity contribution >= 4 is 11.9 Å².